The Bertz CT molecular complexity index is 133. The van der Waals surface area contributed by atoms with Crippen LogP contribution in [-0.2, 0) is 0 Å². The Morgan fingerprint density at radius 2 is 2.38 bits per heavy atom. The summed E-state index contributed by atoms with van der Waals surface area (Å²) < 4.78 is 0. The van der Waals surface area contributed by atoms with E-state index in [1.165, 1.54) is 0 Å². The maximum atomic E-state index is 3.68. The monoisotopic (exact) mass is 124 g/mol. The summed E-state index contributed by atoms with van der Waals surface area (Å²) in [5.41, 5.74) is 0. The van der Waals surface area contributed by atoms with Gasteiger partial charge in [-0.2, -0.15) is 0 Å². The van der Waals surface area contributed by atoms with Crippen molar-refractivity contribution in [3.05, 3.63) is 36.3 Å². The fourth-order valence-electron chi connectivity index (χ4n) is 0.535. The van der Waals surface area contributed by atoms with Crippen LogP contribution in [0, 0.1) is 0 Å². The minimum atomic E-state index is 0.500. The molecule has 0 aromatic carbocycles. The third kappa shape index (κ3) is 1.27. The van der Waals surface area contributed by atoms with Crippen molar-refractivity contribution < 1.29 is 0 Å². The fraction of sp³-hybridized carbons (Fsp3) is 0.143. The van der Waals surface area contributed by atoms with Gasteiger partial charge in [0, 0.05) is 5.25 Å². The first-order valence-corrected chi connectivity index (χ1v) is 3.49. The van der Waals surface area contributed by atoms with Gasteiger partial charge in [-0.05, 0) is 5.41 Å². The van der Waals surface area contributed by atoms with Crippen molar-refractivity contribution in [1.29, 1.82) is 0 Å². The van der Waals surface area contributed by atoms with E-state index in [0.717, 1.165) is 0 Å². The first-order valence-electron chi connectivity index (χ1n) is 2.55. The first kappa shape index (κ1) is 5.70. The molecule has 42 valence electrons. The molecule has 1 rings (SSSR count). The maximum Gasteiger partial charge on any atom is 0.0449 e. The van der Waals surface area contributed by atoms with Crippen LogP contribution in [0.25, 0.3) is 0 Å². The van der Waals surface area contributed by atoms with E-state index in [0.29, 0.717) is 5.25 Å². The average Bonchev–Trinajstić information content (AvgIpc) is 1.90. The van der Waals surface area contributed by atoms with Gasteiger partial charge in [0.15, 0.2) is 0 Å². The summed E-state index contributed by atoms with van der Waals surface area (Å²) in [6.07, 6.45) is 8.13. The predicted octanol–water partition coefficient (Wildman–Crippen LogP) is 2.36. The van der Waals surface area contributed by atoms with E-state index >= 15 is 0 Å². The molecule has 0 radical (unpaired) electrons. The zero-order valence-electron chi connectivity index (χ0n) is 4.58. The predicted molar refractivity (Wildman–Crippen MR) is 39.9 cm³/mol. The average molecular weight is 124 g/mol. The zero-order chi connectivity index (χ0) is 5.82. The van der Waals surface area contributed by atoms with Gasteiger partial charge in [0.25, 0.3) is 0 Å². The van der Waals surface area contributed by atoms with Gasteiger partial charge in [0.05, 0.1) is 0 Å². The Balaban J connectivity index is 2.51. The number of allylic oxidation sites excluding steroid dienone is 2. The van der Waals surface area contributed by atoms with Crippen molar-refractivity contribution in [2.75, 3.05) is 0 Å². The van der Waals surface area contributed by atoms with Crippen molar-refractivity contribution in [3.8, 4) is 0 Å². The molecule has 0 aromatic rings. The summed E-state index contributed by atoms with van der Waals surface area (Å²) in [5, 5.41) is 2.58. The van der Waals surface area contributed by atoms with Crippen LogP contribution < -0.4 is 0 Å². The van der Waals surface area contributed by atoms with Gasteiger partial charge in [-0.15, -0.1) is 18.3 Å². The Kier molecular flexibility index (Phi) is 1.98. The second-order valence-electron chi connectivity index (χ2n) is 1.55. The third-order valence-corrected chi connectivity index (χ3v) is 1.94. The lowest BCUT2D eigenvalue weighted by Gasteiger charge is -2.03. The lowest BCUT2D eigenvalue weighted by molar-refractivity contribution is 1.43. The molecule has 1 unspecified atom stereocenters. The summed E-state index contributed by atoms with van der Waals surface area (Å²) >= 11 is 1.78. The molecule has 1 heterocycles. The van der Waals surface area contributed by atoms with Crippen molar-refractivity contribution >= 4 is 11.8 Å². The highest BCUT2D eigenvalue weighted by Crippen LogP contribution is 2.17. The molecule has 0 nitrogen and oxygen atoms in total. The molecule has 1 atom stereocenters. The summed E-state index contributed by atoms with van der Waals surface area (Å²) in [7, 11) is 0. The Hall–Kier alpha value is -0.430. The van der Waals surface area contributed by atoms with E-state index in [9.17, 15) is 0 Å². The Morgan fingerprint density at radius 1 is 1.50 bits per heavy atom. The summed E-state index contributed by atoms with van der Waals surface area (Å²) in [6, 6.07) is 0. The van der Waals surface area contributed by atoms with Crippen LogP contribution >= 0.6 is 11.8 Å². The molecule has 8 heavy (non-hydrogen) atoms. The van der Waals surface area contributed by atoms with Gasteiger partial charge in [-0.1, -0.05) is 24.3 Å². The van der Waals surface area contributed by atoms with E-state index in [2.05, 4.69) is 18.1 Å². The van der Waals surface area contributed by atoms with Crippen LogP contribution in [0.1, 0.15) is 0 Å². The lowest BCUT2D eigenvalue weighted by Crippen LogP contribution is -1.90. The second-order valence-corrected chi connectivity index (χ2v) is 2.64. The second kappa shape index (κ2) is 2.78. The summed E-state index contributed by atoms with van der Waals surface area (Å²) in [6.45, 7) is 3.68. The van der Waals surface area contributed by atoms with Crippen molar-refractivity contribution in [1.82, 2.24) is 0 Å². The minimum Gasteiger partial charge on any atom is -0.122 e. The SMILES string of the molecule is C=CC1C=CC=CS1. The van der Waals surface area contributed by atoms with Crippen LogP contribution in [-0.4, -0.2) is 5.25 Å². The standard InChI is InChI=1S/C7H8S/c1-2-7-5-3-4-6-8-7/h2-7H,1H2. The van der Waals surface area contributed by atoms with Crippen LogP contribution in [0.2, 0.25) is 0 Å². The summed E-state index contributed by atoms with van der Waals surface area (Å²) in [4.78, 5) is 0. The number of hydrogen-bond donors (Lipinski definition) is 0. The Morgan fingerprint density at radius 3 is 2.75 bits per heavy atom. The molecular weight excluding hydrogens is 116 g/mol. The van der Waals surface area contributed by atoms with E-state index in [1.54, 1.807) is 11.8 Å². The molecule has 0 aromatic heterocycles. The van der Waals surface area contributed by atoms with Gasteiger partial charge in [0.1, 0.15) is 0 Å². The zero-order valence-corrected chi connectivity index (χ0v) is 5.40. The van der Waals surface area contributed by atoms with Crippen molar-refractivity contribution in [2.45, 2.75) is 5.25 Å². The van der Waals surface area contributed by atoms with Gasteiger partial charge in [0.2, 0.25) is 0 Å². The molecule has 0 fully saturated rings. The molecule has 1 heteroatoms. The molecule has 0 aliphatic carbocycles. The number of hydrogen-bond acceptors (Lipinski definition) is 1. The fourth-order valence-corrected chi connectivity index (χ4v) is 1.19. The van der Waals surface area contributed by atoms with E-state index in [4.69, 9.17) is 0 Å². The van der Waals surface area contributed by atoms with Gasteiger partial charge in [-0.3, -0.25) is 0 Å². The van der Waals surface area contributed by atoms with Gasteiger partial charge >= 0.3 is 0 Å². The molecular formula is C7H8S. The van der Waals surface area contributed by atoms with Gasteiger partial charge in [-0.25, -0.2) is 0 Å². The van der Waals surface area contributed by atoms with E-state index < -0.39 is 0 Å². The first-order chi connectivity index (χ1) is 3.93. The quantitative estimate of drug-likeness (QED) is 0.483. The molecule has 0 bridgehead atoms. The van der Waals surface area contributed by atoms with E-state index in [-0.39, 0.29) is 0 Å². The summed E-state index contributed by atoms with van der Waals surface area (Å²) in [5.74, 6) is 0. The molecule has 0 saturated heterocycles. The third-order valence-electron chi connectivity index (χ3n) is 0.958. The molecule has 1 aliphatic rings. The smallest absolute Gasteiger partial charge is 0.0449 e. The largest absolute Gasteiger partial charge is 0.122 e. The van der Waals surface area contributed by atoms with Crippen LogP contribution in [0.5, 0.6) is 0 Å². The highest BCUT2D eigenvalue weighted by atomic mass is 32.2. The Labute approximate surface area is 54.0 Å². The highest BCUT2D eigenvalue weighted by Gasteiger charge is 1.96. The van der Waals surface area contributed by atoms with Crippen molar-refractivity contribution in [2.24, 2.45) is 0 Å². The number of rotatable bonds is 1. The molecule has 1 aliphatic heterocycles. The molecule has 0 spiro atoms. The van der Waals surface area contributed by atoms with Crippen molar-refractivity contribution in [3.63, 3.8) is 0 Å². The van der Waals surface area contributed by atoms with Crippen LogP contribution in [0.4, 0.5) is 0 Å². The number of thioether (sulfide) groups is 1. The lowest BCUT2D eigenvalue weighted by atomic mass is 10.3. The van der Waals surface area contributed by atoms with E-state index in [1.807, 2.05) is 18.2 Å². The normalized spacial score (nSPS) is 25.8. The molecule has 0 amide bonds. The van der Waals surface area contributed by atoms with Crippen LogP contribution in [0.15, 0.2) is 36.3 Å². The topological polar surface area (TPSA) is 0 Å². The van der Waals surface area contributed by atoms with Gasteiger partial charge < -0.3 is 0 Å². The minimum absolute atomic E-state index is 0.500. The molecule has 0 N–H and O–H groups in total. The maximum absolute atomic E-state index is 3.68. The van der Waals surface area contributed by atoms with Crippen LogP contribution in [0.3, 0.4) is 0 Å². The highest BCUT2D eigenvalue weighted by molar-refractivity contribution is 8.03. The molecule has 0 saturated carbocycles.